The minimum Gasteiger partial charge on any atom is -0.500 e. The number of hydrogen-bond acceptors (Lipinski definition) is 6. The maximum atomic E-state index is 11.4. The zero-order valence-corrected chi connectivity index (χ0v) is 13.1. The number of carbonyl (C=O) groups is 1. The van der Waals surface area contributed by atoms with Gasteiger partial charge in [0, 0.05) is 11.5 Å². The number of alkyl carbamates (subject to hydrolysis) is 1. The summed E-state index contributed by atoms with van der Waals surface area (Å²) in [5.41, 5.74) is -0.470. The fourth-order valence-electron chi connectivity index (χ4n) is 2.30. The molecule has 1 aromatic rings. The summed E-state index contributed by atoms with van der Waals surface area (Å²) in [6.45, 7) is 3.91. The Morgan fingerprint density at radius 3 is 2.68 bits per heavy atom. The summed E-state index contributed by atoms with van der Waals surface area (Å²) in [6, 6.07) is 2.21. The van der Waals surface area contributed by atoms with Gasteiger partial charge >= 0.3 is 11.8 Å². The zero-order chi connectivity index (χ0) is 15.8. The molecule has 1 amide bonds. The van der Waals surface area contributed by atoms with Crippen molar-refractivity contribution in [3.8, 4) is 11.5 Å². The molecule has 1 aliphatic heterocycles. The number of nitro groups is 1. The maximum absolute atomic E-state index is 11.4. The minimum atomic E-state index is -0.699. The molecule has 1 aliphatic rings. The van der Waals surface area contributed by atoms with E-state index in [-0.39, 0.29) is 24.8 Å². The quantitative estimate of drug-likeness (QED) is 0.650. The molecule has 9 heteroatoms. The highest BCUT2D eigenvalue weighted by Gasteiger charge is 2.39. The molecular formula is C13H17ClN2O6. The molecule has 8 nitrogen and oxygen atoms in total. The minimum absolute atomic E-state index is 0. The Balaban J connectivity index is 0.00000242. The van der Waals surface area contributed by atoms with Crippen LogP contribution in [0.5, 0.6) is 11.5 Å². The van der Waals surface area contributed by atoms with Crippen molar-refractivity contribution < 1.29 is 24.3 Å². The monoisotopic (exact) mass is 332 g/mol. The smallest absolute Gasteiger partial charge is 0.407 e. The number of hydrogen-bond donors (Lipinski definition) is 2. The summed E-state index contributed by atoms with van der Waals surface area (Å²) >= 11 is 0. The van der Waals surface area contributed by atoms with Gasteiger partial charge in [-0.1, -0.05) is 13.8 Å². The molecule has 0 aromatic heterocycles. The van der Waals surface area contributed by atoms with Crippen LogP contribution >= 0.6 is 12.4 Å². The van der Waals surface area contributed by atoms with E-state index in [0.717, 1.165) is 0 Å². The van der Waals surface area contributed by atoms with Crippen LogP contribution in [0.15, 0.2) is 12.1 Å². The number of phenolic OH excluding ortho intramolecular Hbond substituents is 1. The molecule has 1 saturated heterocycles. The van der Waals surface area contributed by atoms with Gasteiger partial charge in [0.15, 0.2) is 5.75 Å². The Bertz CT molecular complexity index is 604. The van der Waals surface area contributed by atoms with Crippen molar-refractivity contribution >= 4 is 24.2 Å². The summed E-state index contributed by atoms with van der Waals surface area (Å²) in [5.74, 6) is -0.557. The standard InChI is InChI=1S/C13H16N2O6.ClH/c1-13(2)6-21-12(17)14-11(13)7-4-8(15(18)19)10(16)9(5-7)20-3;/h4-5,11,16H,6H2,1-3H3,(H,14,17);1H/t11-;/m1./s1. The number of carbonyl (C=O) groups excluding carboxylic acids is 1. The van der Waals surface area contributed by atoms with Gasteiger partial charge in [-0.25, -0.2) is 4.79 Å². The van der Waals surface area contributed by atoms with Crippen molar-refractivity contribution in [1.82, 2.24) is 5.32 Å². The Hall–Kier alpha value is -2.22. The van der Waals surface area contributed by atoms with Crippen LogP contribution in [0.2, 0.25) is 0 Å². The number of aromatic hydroxyl groups is 1. The molecule has 1 heterocycles. The number of nitro benzene ring substituents is 1. The van der Waals surface area contributed by atoms with Gasteiger partial charge in [0.1, 0.15) is 6.61 Å². The van der Waals surface area contributed by atoms with Crippen LogP contribution in [0.1, 0.15) is 25.5 Å². The van der Waals surface area contributed by atoms with Crippen LogP contribution in [0, 0.1) is 15.5 Å². The third-order valence-electron chi connectivity index (χ3n) is 3.45. The topological polar surface area (TPSA) is 111 Å². The van der Waals surface area contributed by atoms with Crippen LogP contribution < -0.4 is 10.1 Å². The number of cyclic esters (lactones) is 1. The molecular weight excluding hydrogens is 316 g/mol. The Kier molecular flexibility index (Phi) is 5.08. The molecule has 1 fully saturated rings. The normalized spacial score (nSPS) is 19.4. The first-order chi connectivity index (χ1) is 9.76. The van der Waals surface area contributed by atoms with Gasteiger partial charge in [-0.2, -0.15) is 0 Å². The molecule has 0 radical (unpaired) electrons. The van der Waals surface area contributed by atoms with Gasteiger partial charge in [0.2, 0.25) is 5.75 Å². The van der Waals surface area contributed by atoms with E-state index in [1.807, 2.05) is 13.8 Å². The summed E-state index contributed by atoms with van der Waals surface area (Å²) < 4.78 is 9.90. The third-order valence-corrected chi connectivity index (χ3v) is 3.45. The van der Waals surface area contributed by atoms with Crippen LogP contribution in [-0.4, -0.2) is 29.8 Å². The number of halogens is 1. The molecule has 0 aliphatic carbocycles. The largest absolute Gasteiger partial charge is 0.500 e. The Morgan fingerprint density at radius 2 is 2.14 bits per heavy atom. The second-order valence-corrected chi connectivity index (χ2v) is 5.49. The molecule has 0 bridgehead atoms. The third kappa shape index (κ3) is 3.16. The van der Waals surface area contributed by atoms with Crippen molar-refractivity contribution in [2.24, 2.45) is 5.41 Å². The van der Waals surface area contributed by atoms with Gasteiger partial charge in [-0.3, -0.25) is 10.1 Å². The molecule has 0 spiro atoms. The maximum Gasteiger partial charge on any atom is 0.407 e. The first-order valence-electron chi connectivity index (χ1n) is 6.25. The Labute approximate surface area is 133 Å². The number of rotatable bonds is 3. The number of benzene rings is 1. The lowest BCUT2D eigenvalue weighted by atomic mass is 9.80. The highest BCUT2D eigenvalue weighted by molar-refractivity contribution is 5.85. The average molecular weight is 333 g/mol. The molecule has 1 aromatic carbocycles. The lowest BCUT2D eigenvalue weighted by Gasteiger charge is -2.38. The van der Waals surface area contributed by atoms with Crippen molar-refractivity contribution in [3.63, 3.8) is 0 Å². The van der Waals surface area contributed by atoms with Crippen LogP contribution in [0.25, 0.3) is 0 Å². The molecule has 1 atom stereocenters. The summed E-state index contributed by atoms with van der Waals surface area (Å²) in [5, 5.41) is 23.5. The van der Waals surface area contributed by atoms with Crippen molar-refractivity contribution in [3.05, 3.63) is 27.8 Å². The van der Waals surface area contributed by atoms with Crippen molar-refractivity contribution in [2.75, 3.05) is 13.7 Å². The summed E-state index contributed by atoms with van der Waals surface area (Å²) in [4.78, 5) is 21.8. The summed E-state index contributed by atoms with van der Waals surface area (Å²) in [7, 11) is 1.30. The van der Waals surface area contributed by atoms with Gasteiger partial charge in [0.25, 0.3) is 0 Å². The van der Waals surface area contributed by atoms with Crippen molar-refractivity contribution in [1.29, 1.82) is 0 Å². The zero-order valence-electron chi connectivity index (χ0n) is 12.3. The van der Waals surface area contributed by atoms with E-state index in [4.69, 9.17) is 9.47 Å². The molecule has 2 N–H and O–H groups in total. The fraction of sp³-hybridized carbons (Fsp3) is 0.462. The average Bonchev–Trinajstić information content (AvgIpc) is 2.41. The van der Waals surface area contributed by atoms with Crippen molar-refractivity contribution in [2.45, 2.75) is 19.9 Å². The second kappa shape index (κ2) is 6.27. The van der Waals surface area contributed by atoms with Crippen LogP contribution in [0.4, 0.5) is 10.5 Å². The van der Waals surface area contributed by atoms with E-state index in [1.54, 1.807) is 0 Å². The van der Waals surface area contributed by atoms with E-state index in [0.29, 0.717) is 5.56 Å². The second-order valence-electron chi connectivity index (χ2n) is 5.49. The van der Waals surface area contributed by atoms with Gasteiger partial charge in [-0.05, 0) is 11.6 Å². The predicted molar refractivity (Wildman–Crippen MR) is 79.6 cm³/mol. The number of nitrogens with one attached hydrogen (secondary N) is 1. The number of phenols is 1. The highest BCUT2D eigenvalue weighted by Crippen LogP contribution is 2.43. The predicted octanol–water partition coefficient (Wildman–Crippen LogP) is 2.54. The van der Waals surface area contributed by atoms with Crippen LogP contribution in [0.3, 0.4) is 0 Å². The highest BCUT2D eigenvalue weighted by atomic mass is 35.5. The van der Waals surface area contributed by atoms with E-state index in [9.17, 15) is 20.0 Å². The molecule has 22 heavy (non-hydrogen) atoms. The van der Waals surface area contributed by atoms with Crippen LogP contribution in [-0.2, 0) is 4.74 Å². The molecule has 0 saturated carbocycles. The summed E-state index contributed by atoms with van der Waals surface area (Å²) in [6.07, 6.45) is -0.589. The van der Waals surface area contributed by atoms with E-state index in [1.165, 1.54) is 19.2 Å². The first kappa shape index (κ1) is 17.8. The molecule has 0 unspecified atom stereocenters. The molecule has 122 valence electrons. The number of nitrogens with zero attached hydrogens (tertiary/aromatic N) is 1. The molecule has 2 rings (SSSR count). The Morgan fingerprint density at radius 1 is 1.50 bits per heavy atom. The van der Waals surface area contributed by atoms with E-state index in [2.05, 4.69) is 5.32 Å². The lowest BCUT2D eigenvalue weighted by Crippen LogP contribution is -2.46. The van der Waals surface area contributed by atoms with Gasteiger partial charge < -0.3 is 19.9 Å². The number of amides is 1. The lowest BCUT2D eigenvalue weighted by molar-refractivity contribution is -0.386. The SMILES string of the molecule is COc1cc([C@H]2NC(=O)OCC2(C)C)cc([N+](=O)[O-])c1O.Cl. The van der Waals surface area contributed by atoms with E-state index >= 15 is 0 Å². The van der Waals surface area contributed by atoms with Gasteiger partial charge in [-0.15, -0.1) is 12.4 Å². The number of methoxy groups -OCH3 is 1. The number of ether oxygens (including phenoxy) is 2. The van der Waals surface area contributed by atoms with E-state index < -0.39 is 33.9 Å². The van der Waals surface area contributed by atoms with Gasteiger partial charge in [0.05, 0.1) is 18.1 Å². The fourth-order valence-corrected chi connectivity index (χ4v) is 2.30. The first-order valence-corrected chi connectivity index (χ1v) is 6.25.